The first kappa shape index (κ1) is 42.1. The van der Waals surface area contributed by atoms with Gasteiger partial charge in [0.05, 0.1) is 47.5 Å². The molecule has 0 spiro atoms. The van der Waals surface area contributed by atoms with Crippen LogP contribution in [0.1, 0.15) is 77.8 Å². The van der Waals surface area contributed by atoms with E-state index in [1.54, 1.807) is 24.5 Å². The van der Waals surface area contributed by atoms with E-state index in [-0.39, 0.29) is 29.8 Å². The summed E-state index contributed by atoms with van der Waals surface area (Å²) in [6.45, 7) is 5.29. The van der Waals surface area contributed by atoms with Gasteiger partial charge in [0.25, 0.3) is 0 Å². The first-order valence-electron chi connectivity index (χ1n) is 17.0. The third kappa shape index (κ3) is 17.4. The third-order valence-corrected chi connectivity index (χ3v) is 9.48. The molecule has 1 atom stereocenters. The molecule has 0 fully saturated rings. The minimum absolute atomic E-state index is 0.00834. The van der Waals surface area contributed by atoms with Crippen molar-refractivity contribution >= 4 is 50.0 Å². The second kappa shape index (κ2) is 24.1. The number of allylic oxidation sites excluding steroid dienone is 10. The predicted molar refractivity (Wildman–Crippen MR) is 205 cm³/mol. The van der Waals surface area contributed by atoms with Gasteiger partial charge in [-0.15, -0.1) is 0 Å². The van der Waals surface area contributed by atoms with Crippen LogP contribution in [-0.2, 0) is 21.7 Å². The number of fused-ring (bicyclic) bond motifs is 1. The van der Waals surface area contributed by atoms with E-state index in [1.165, 1.54) is 33.7 Å². The number of aliphatic hydroxyl groups is 3. The van der Waals surface area contributed by atoms with Crippen LogP contribution < -0.4 is 10.6 Å². The summed E-state index contributed by atoms with van der Waals surface area (Å²) in [7, 11) is 2.77. The number of anilines is 1. The number of carbonyl (C=O) groups is 2. The predicted octanol–water partition coefficient (Wildman–Crippen LogP) is 7.72. The molecule has 0 radical (unpaired) electrons. The van der Waals surface area contributed by atoms with Crippen LogP contribution in [0.15, 0.2) is 79.0 Å². The van der Waals surface area contributed by atoms with Crippen LogP contribution in [0.4, 0.5) is 10.1 Å². The summed E-state index contributed by atoms with van der Waals surface area (Å²) in [5.74, 6) is -0.280. The number of halogens is 1. The Labute approximate surface area is 299 Å². The van der Waals surface area contributed by atoms with Gasteiger partial charge in [-0.1, -0.05) is 89.3 Å². The van der Waals surface area contributed by atoms with Crippen molar-refractivity contribution in [1.29, 1.82) is 0 Å². The quantitative estimate of drug-likeness (QED) is 0.0429. The second-order valence-electron chi connectivity index (χ2n) is 12.0. The minimum Gasteiger partial charge on any atom is -0.394 e. The highest BCUT2D eigenvalue weighted by molar-refractivity contribution is 8.76. The monoisotopic (exact) mass is 715 g/mol. The number of rotatable bonds is 24. The molecule has 1 heterocycles. The molecule has 0 saturated heterocycles. The Hall–Kier alpha value is -3.09. The Bertz CT molecular complexity index is 1440. The standard InChI is InChI=1S/C38H54FN3O5S2/c1-4-5-6-7-8-9-10-11-12-13-14-15-16-17-18-19-20-21-36(45)40-22-23-48-49-29-37(46)41-33-24-30-25-35(38(2,3)47)42(27-31(44)28-43)34(30)26-32(33)39/h5-6,8-9,11-12,14-15,17-18,24-26,31,43-44,47H,4,7,10,13,16,19-23,27-29H2,1-3H3,(H,40,45)(H,41,46)/b6-5-,9-8-,12-11-,15-14-,18-17-/t31-/m1/s1. The van der Waals surface area contributed by atoms with Gasteiger partial charge in [-0.2, -0.15) is 0 Å². The fourth-order valence-corrected chi connectivity index (χ4v) is 6.50. The zero-order valence-corrected chi connectivity index (χ0v) is 30.7. The van der Waals surface area contributed by atoms with Crippen LogP contribution in [0.2, 0.25) is 0 Å². The molecule has 2 amide bonds. The average molecular weight is 716 g/mol. The van der Waals surface area contributed by atoms with Crippen molar-refractivity contribution in [3.63, 3.8) is 0 Å². The summed E-state index contributed by atoms with van der Waals surface area (Å²) in [6, 6.07) is 4.42. The van der Waals surface area contributed by atoms with Gasteiger partial charge < -0.3 is 30.5 Å². The number of nitrogens with zero attached hydrogens (tertiary/aromatic N) is 1. The molecule has 49 heavy (non-hydrogen) atoms. The SMILES string of the molecule is CC/C=C\C/C=C\C/C=C\C/C=C\C/C=C\CCCC(=O)NCCSSCC(=O)Nc1cc2cc(C(C)(C)O)n(C[C@@H](O)CO)c2cc1F. The zero-order valence-electron chi connectivity index (χ0n) is 29.1. The Morgan fingerprint density at radius 2 is 1.53 bits per heavy atom. The van der Waals surface area contributed by atoms with E-state index in [4.69, 9.17) is 0 Å². The molecule has 2 aromatic rings. The van der Waals surface area contributed by atoms with Crippen molar-refractivity contribution < 1.29 is 29.3 Å². The van der Waals surface area contributed by atoms with Gasteiger partial charge in [0.15, 0.2) is 0 Å². The maximum absolute atomic E-state index is 15.0. The van der Waals surface area contributed by atoms with Crippen molar-refractivity contribution in [2.75, 3.05) is 30.0 Å². The highest BCUT2D eigenvalue weighted by Gasteiger charge is 2.25. The van der Waals surface area contributed by atoms with E-state index >= 15 is 0 Å². The number of nitrogens with one attached hydrogen (secondary N) is 2. The molecular formula is C38H54FN3O5S2. The topological polar surface area (TPSA) is 124 Å². The summed E-state index contributed by atoms with van der Waals surface area (Å²) in [5.41, 5.74) is -0.385. The zero-order chi connectivity index (χ0) is 35.9. The summed E-state index contributed by atoms with van der Waals surface area (Å²) in [5, 5.41) is 35.9. The molecular weight excluding hydrogens is 662 g/mol. The van der Waals surface area contributed by atoms with Gasteiger partial charge in [-0.25, -0.2) is 4.39 Å². The fraction of sp³-hybridized carbons (Fsp3) is 0.474. The van der Waals surface area contributed by atoms with Crippen LogP contribution in [0, 0.1) is 5.82 Å². The molecule has 11 heteroatoms. The number of unbranched alkanes of at least 4 members (excludes halogenated alkanes) is 1. The first-order chi connectivity index (χ1) is 23.6. The molecule has 0 unspecified atom stereocenters. The molecule has 0 aliphatic carbocycles. The molecule has 5 N–H and O–H groups in total. The number of aliphatic hydroxyl groups excluding tert-OH is 2. The summed E-state index contributed by atoms with van der Waals surface area (Å²) < 4.78 is 16.5. The van der Waals surface area contributed by atoms with Crippen molar-refractivity contribution in [2.45, 2.75) is 90.4 Å². The number of hydrogen-bond donors (Lipinski definition) is 5. The molecule has 2 rings (SSSR count). The molecule has 1 aromatic carbocycles. The minimum atomic E-state index is -1.28. The van der Waals surface area contributed by atoms with Crippen molar-refractivity contribution in [1.82, 2.24) is 9.88 Å². The lowest BCUT2D eigenvalue weighted by Gasteiger charge is -2.22. The number of hydrogen-bond acceptors (Lipinski definition) is 7. The Kier molecular flexibility index (Phi) is 20.7. The maximum Gasteiger partial charge on any atom is 0.235 e. The Morgan fingerprint density at radius 3 is 2.12 bits per heavy atom. The number of amides is 2. The van der Waals surface area contributed by atoms with Gasteiger partial charge >= 0.3 is 0 Å². The number of aromatic nitrogens is 1. The van der Waals surface area contributed by atoms with Gasteiger partial charge in [0.2, 0.25) is 11.8 Å². The third-order valence-electron chi connectivity index (χ3n) is 7.21. The van der Waals surface area contributed by atoms with E-state index in [1.807, 2.05) is 0 Å². The molecule has 0 aliphatic rings. The van der Waals surface area contributed by atoms with Gasteiger partial charge in [0.1, 0.15) is 5.82 Å². The first-order valence-corrected chi connectivity index (χ1v) is 19.5. The Balaban J connectivity index is 1.58. The Morgan fingerprint density at radius 1 is 0.918 bits per heavy atom. The molecule has 8 nitrogen and oxygen atoms in total. The van der Waals surface area contributed by atoms with E-state index in [2.05, 4.69) is 78.3 Å². The van der Waals surface area contributed by atoms with Gasteiger partial charge in [-0.3, -0.25) is 9.59 Å². The molecule has 1 aromatic heterocycles. The molecule has 270 valence electrons. The lowest BCUT2D eigenvalue weighted by atomic mass is 10.1. The second-order valence-corrected chi connectivity index (χ2v) is 14.6. The van der Waals surface area contributed by atoms with E-state index < -0.39 is 24.1 Å². The largest absolute Gasteiger partial charge is 0.394 e. The summed E-state index contributed by atoms with van der Waals surface area (Å²) >= 11 is 0. The molecule has 0 saturated carbocycles. The van der Waals surface area contributed by atoms with Crippen LogP contribution in [0.3, 0.4) is 0 Å². The van der Waals surface area contributed by atoms with Crippen LogP contribution in [0.5, 0.6) is 0 Å². The van der Waals surface area contributed by atoms with Gasteiger partial charge in [0, 0.05) is 30.2 Å². The smallest absolute Gasteiger partial charge is 0.235 e. The highest BCUT2D eigenvalue weighted by atomic mass is 33.1. The van der Waals surface area contributed by atoms with E-state index in [9.17, 15) is 29.3 Å². The van der Waals surface area contributed by atoms with Crippen LogP contribution in [-0.4, -0.2) is 62.5 Å². The normalized spacial score (nSPS) is 13.3. The highest BCUT2D eigenvalue weighted by Crippen LogP contribution is 2.32. The fourth-order valence-electron chi connectivity index (χ4n) is 4.76. The summed E-state index contributed by atoms with van der Waals surface area (Å²) in [6.07, 6.45) is 27.5. The van der Waals surface area contributed by atoms with E-state index in [0.29, 0.717) is 35.3 Å². The maximum atomic E-state index is 15.0. The van der Waals surface area contributed by atoms with Crippen LogP contribution in [0.25, 0.3) is 10.9 Å². The number of benzene rings is 1. The lowest BCUT2D eigenvalue weighted by Crippen LogP contribution is -2.26. The van der Waals surface area contributed by atoms with Gasteiger partial charge in [-0.05, 0) is 70.9 Å². The van der Waals surface area contributed by atoms with Crippen molar-refractivity contribution in [3.8, 4) is 0 Å². The number of carbonyl (C=O) groups excluding carboxylic acids is 2. The molecule has 0 aliphatic heterocycles. The average Bonchev–Trinajstić information content (AvgIpc) is 3.41. The van der Waals surface area contributed by atoms with Crippen molar-refractivity contribution in [3.05, 3.63) is 90.5 Å². The molecule has 0 bridgehead atoms. The van der Waals surface area contributed by atoms with E-state index in [0.717, 1.165) is 44.9 Å². The summed E-state index contributed by atoms with van der Waals surface area (Å²) in [4.78, 5) is 24.6. The van der Waals surface area contributed by atoms with Crippen molar-refractivity contribution in [2.24, 2.45) is 0 Å². The lowest BCUT2D eigenvalue weighted by molar-refractivity contribution is -0.121. The van der Waals surface area contributed by atoms with Crippen LogP contribution >= 0.6 is 21.6 Å².